The first-order valence-electron chi connectivity index (χ1n) is 5.97. The molecule has 0 spiro atoms. The van der Waals surface area contributed by atoms with Crippen LogP contribution in [0.5, 0.6) is 5.75 Å². The number of aromatic nitrogens is 1. The lowest BCUT2D eigenvalue weighted by molar-refractivity contribution is 0.251. The van der Waals surface area contributed by atoms with Gasteiger partial charge < -0.3 is 10.1 Å². The average Bonchev–Trinajstić information content (AvgIpc) is 2.48. The van der Waals surface area contributed by atoms with E-state index in [0.717, 1.165) is 11.3 Å². The molecule has 0 bridgehead atoms. The molecule has 2 rings (SSSR count). The number of carbonyl (C=O) groups excluding carboxylic acids is 1. The Hall–Kier alpha value is -2.27. The number of pyridine rings is 1. The average molecular weight is 292 g/mol. The number of hydrogen-bond donors (Lipinski definition) is 2. The van der Waals surface area contributed by atoms with E-state index < -0.39 is 0 Å². The number of hydrogen-bond acceptors (Lipinski definition) is 3. The fraction of sp³-hybridized carbons (Fsp3) is 0.143. The second-order valence-electron chi connectivity index (χ2n) is 4.02. The van der Waals surface area contributed by atoms with Crippen LogP contribution in [0, 0.1) is 0 Å². The third kappa shape index (κ3) is 4.13. The van der Waals surface area contributed by atoms with Crippen molar-refractivity contribution < 1.29 is 9.53 Å². The van der Waals surface area contributed by atoms with Crippen molar-refractivity contribution in [2.45, 2.75) is 6.54 Å². The van der Waals surface area contributed by atoms with Gasteiger partial charge in [0.05, 0.1) is 12.1 Å². The van der Waals surface area contributed by atoms with Crippen LogP contribution in [0.15, 0.2) is 42.6 Å². The molecule has 0 aliphatic rings. The van der Waals surface area contributed by atoms with Crippen LogP contribution in [0.2, 0.25) is 5.02 Å². The van der Waals surface area contributed by atoms with Crippen molar-refractivity contribution in [3.63, 3.8) is 0 Å². The lowest BCUT2D eigenvalue weighted by Gasteiger charge is -2.08. The van der Waals surface area contributed by atoms with Gasteiger partial charge in [-0.15, -0.1) is 0 Å². The second-order valence-corrected chi connectivity index (χ2v) is 4.46. The van der Waals surface area contributed by atoms with Crippen LogP contribution in [0.25, 0.3) is 0 Å². The largest absolute Gasteiger partial charge is 0.497 e. The summed E-state index contributed by atoms with van der Waals surface area (Å²) >= 11 is 5.72. The first kappa shape index (κ1) is 14.1. The summed E-state index contributed by atoms with van der Waals surface area (Å²) in [5.74, 6) is 1.20. The van der Waals surface area contributed by atoms with Gasteiger partial charge in [-0.2, -0.15) is 0 Å². The zero-order valence-corrected chi connectivity index (χ0v) is 11.6. The normalized spacial score (nSPS) is 9.90. The van der Waals surface area contributed by atoms with E-state index in [2.05, 4.69) is 15.6 Å². The minimum absolute atomic E-state index is 0.331. The molecular weight excluding hydrogens is 278 g/mol. The first-order valence-corrected chi connectivity index (χ1v) is 6.34. The summed E-state index contributed by atoms with van der Waals surface area (Å²) < 4.78 is 5.12. The van der Waals surface area contributed by atoms with E-state index in [1.807, 2.05) is 24.3 Å². The fourth-order valence-electron chi connectivity index (χ4n) is 1.58. The summed E-state index contributed by atoms with van der Waals surface area (Å²) in [5.41, 5.74) is 0.948. The number of ether oxygens (including phenoxy) is 1. The van der Waals surface area contributed by atoms with Crippen LogP contribution in [0.1, 0.15) is 5.56 Å². The van der Waals surface area contributed by atoms with Gasteiger partial charge >= 0.3 is 6.03 Å². The Balaban J connectivity index is 1.87. The van der Waals surface area contributed by atoms with E-state index in [4.69, 9.17) is 16.3 Å². The van der Waals surface area contributed by atoms with Crippen molar-refractivity contribution in [2.75, 3.05) is 12.4 Å². The Bertz CT molecular complexity index is 587. The predicted molar refractivity (Wildman–Crippen MR) is 78.1 cm³/mol. The highest BCUT2D eigenvalue weighted by molar-refractivity contribution is 6.30. The van der Waals surface area contributed by atoms with Crippen molar-refractivity contribution in [3.8, 4) is 5.75 Å². The molecule has 0 saturated heterocycles. The van der Waals surface area contributed by atoms with Gasteiger partial charge in [0.1, 0.15) is 11.6 Å². The molecule has 5 nitrogen and oxygen atoms in total. The molecule has 0 radical (unpaired) electrons. The quantitative estimate of drug-likeness (QED) is 0.910. The van der Waals surface area contributed by atoms with Crippen LogP contribution in [0.3, 0.4) is 0 Å². The molecular formula is C14H14ClN3O2. The number of benzene rings is 1. The molecule has 2 aromatic rings. The molecule has 104 valence electrons. The Morgan fingerprint density at radius 2 is 2.20 bits per heavy atom. The van der Waals surface area contributed by atoms with Gasteiger partial charge in [0.2, 0.25) is 0 Å². The van der Waals surface area contributed by atoms with Crippen molar-refractivity contribution in [1.82, 2.24) is 10.3 Å². The standard InChI is InChI=1S/C14H14ClN3O2/c1-20-12-4-2-3-10(7-12)8-17-14(19)18-13-6-5-11(15)9-16-13/h2-7,9H,8H2,1H3,(H2,16,17,18,19). The number of rotatable bonds is 4. The van der Waals surface area contributed by atoms with Crippen molar-refractivity contribution >= 4 is 23.4 Å². The Morgan fingerprint density at radius 1 is 1.35 bits per heavy atom. The van der Waals surface area contributed by atoms with E-state index in [1.165, 1.54) is 6.20 Å². The van der Waals surface area contributed by atoms with Crippen molar-refractivity contribution in [2.24, 2.45) is 0 Å². The maximum Gasteiger partial charge on any atom is 0.320 e. The highest BCUT2D eigenvalue weighted by Crippen LogP contribution is 2.12. The van der Waals surface area contributed by atoms with Gasteiger partial charge in [0.15, 0.2) is 0 Å². The molecule has 1 aromatic carbocycles. The van der Waals surface area contributed by atoms with Crippen LogP contribution in [-0.2, 0) is 6.54 Å². The SMILES string of the molecule is COc1cccc(CNC(=O)Nc2ccc(Cl)cn2)c1. The zero-order chi connectivity index (χ0) is 14.4. The molecule has 0 fully saturated rings. The maximum atomic E-state index is 11.7. The zero-order valence-electron chi connectivity index (χ0n) is 10.9. The molecule has 1 aromatic heterocycles. The van der Waals surface area contributed by atoms with Gasteiger partial charge in [0.25, 0.3) is 0 Å². The van der Waals surface area contributed by atoms with Gasteiger partial charge in [-0.05, 0) is 29.8 Å². The Labute approximate surface area is 121 Å². The number of nitrogens with zero attached hydrogens (tertiary/aromatic N) is 1. The van der Waals surface area contributed by atoms with Crippen LogP contribution < -0.4 is 15.4 Å². The van der Waals surface area contributed by atoms with E-state index in [0.29, 0.717) is 17.4 Å². The lowest BCUT2D eigenvalue weighted by atomic mass is 10.2. The van der Waals surface area contributed by atoms with E-state index in [1.54, 1.807) is 19.2 Å². The van der Waals surface area contributed by atoms with Gasteiger partial charge in [-0.3, -0.25) is 5.32 Å². The van der Waals surface area contributed by atoms with Crippen LogP contribution >= 0.6 is 11.6 Å². The summed E-state index contributed by atoms with van der Waals surface area (Å²) in [5, 5.41) is 5.87. The van der Waals surface area contributed by atoms with Crippen molar-refractivity contribution in [1.29, 1.82) is 0 Å². The summed E-state index contributed by atoms with van der Waals surface area (Å²) in [6.07, 6.45) is 1.47. The highest BCUT2D eigenvalue weighted by Gasteiger charge is 2.03. The van der Waals surface area contributed by atoms with Crippen LogP contribution in [-0.4, -0.2) is 18.1 Å². The van der Waals surface area contributed by atoms with Crippen LogP contribution in [0.4, 0.5) is 10.6 Å². The molecule has 0 aliphatic heterocycles. The summed E-state index contributed by atoms with van der Waals surface area (Å²) in [7, 11) is 1.60. The topological polar surface area (TPSA) is 63.2 Å². The number of nitrogens with one attached hydrogen (secondary N) is 2. The van der Waals surface area contributed by atoms with E-state index in [9.17, 15) is 4.79 Å². The lowest BCUT2D eigenvalue weighted by Crippen LogP contribution is -2.28. The minimum Gasteiger partial charge on any atom is -0.497 e. The minimum atomic E-state index is -0.331. The molecule has 0 aliphatic carbocycles. The molecule has 0 unspecified atom stereocenters. The second kappa shape index (κ2) is 6.77. The summed E-state index contributed by atoms with van der Waals surface area (Å²) in [4.78, 5) is 15.7. The maximum absolute atomic E-state index is 11.7. The number of methoxy groups -OCH3 is 1. The number of carbonyl (C=O) groups is 1. The van der Waals surface area contributed by atoms with Gasteiger partial charge in [-0.1, -0.05) is 23.7 Å². The van der Waals surface area contributed by atoms with E-state index >= 15 is 0 Å². The summed E-state index contributed by atoms with van der Waals surface area (Å²) in [6.45, 7) is 0.399. The molecule has 1 heterocycles. The molecule has 20 heavy (non-hydrogen) atoms. The molecule has 0 atom stereocenters. The summed E-state index contributed by atoms with van der Waals surface area (Å²) in [6, 6.07) is 10.4. The molecule has 2 N–H and O–H groups in total. The molecule has 6 heteroatoms. The Morgan fingerprint density at radius 3 is 2.90 bits per heavy atom. The van der Waals surface area contributed by atoms with E-state index in [-0.39, 0.29) is 6.03 Å². The fourth-order valence-corrected chi connectivity index (χ4v) is 1.69. The highest BCUT2D eigenvalue weighted by atomic mass is 35.5. The third-order valence-electron chi connectivity index (χ3n) is 2.56. The molecule has 2 amide bonds. The number of urea groups is 1. The predicted octanol–water partition coefficient (Wildman–Crippen LogP) is 3.07. The number of halogens is 1. The number of amides is 2. The smallest absolute Gasteiger partial charge is 0.320 e. The monoisotopic (exact) mass is 291 g/mol. The number of anilines is 1. The first-order chi connectivity index (χ1) is 9.67. The Kier molecular flexibility index (Phi) is 4.79. The van der Waals surface area contributed by atoms with Gasteiger partial charge in [0, 0.05) is 12.7 Å². The van der Waals surface area contributed by atoms with Crippen molar-refractivity contribution in [3.05, 3.63) is 53.2 Å². The van der Waals surface area contributed by atoms with Gasteiger partial charge in [-0.25, -0.2) is 9.78 Å². The molecule has 0 saturated carbocycles. The third-order valence-corrected chi connectivity index (χ3v) is 2.78.